The Morgan fingerprint density at radius 2 is 1.94 bits per heavy atom. The maximum absolute atomic E-state index is 11.6. The lowest BCUT2D eigenvalue weighted by Gasteiger charge is -2.40. The van der Waals surface area contributed by atoms with Gasteiger partial charge in [0.15, 0.2) is 0 Å². The molecule has 0 aromatic carbocycles. The SMILES string of the molecule is CC(C)(NC(=O)N1CC(CC(=O)O)C1)C(N)=O. The van der Waals surface area contributed by atoms with Crippen LogP contribution < -0.4 is 11.1 Å². The van der Waals surface area contributed by atoms with Crippen LogP contribution in [0.1, 0.15) is 20.3 Å². The van der Waals surface area contributed by atoms with Crippen molar-refractivity contribution in [3.8, 4) is 0 Å². The van der Waals surface area contributed by atoms with E-state index in [0.29, 0.717) is 13.1 Å². The van der Waals surface area contributed by atoms with E-state index in [1.807, 2.05) is 0 Å². The van der Waals surface area contributed by atoms with E-state index in [9.17, 15) is 14.4 Å². The van der Waals surface area contributed by atoms with Gasteiger partial charge in [-0.1, -0.05) is 0 Å². The van der Waals surface area contributed by atoms with E-state index in [1.165, 1.54) is 18.7 Å². The van der Waals surface area contributed by atoms with Gasteiger partial charge in [-0.05, 0) is 13.8 Å². The number of amides is 3. The molecule has 0 aromatic rings. The first-order valence-corrected chi connectivity index (χ1v) is 5.31. The second-order valence-electron chi connectivity index (χ2n) is 4.79. The molecule has 96 valence electrons. The maximum atomic E-state index is 11.6. The fraction of sp³-hybridized carbons (Fsp3) is 0.700. The molecular weight excluding hydrogens is 226 g/mol. The normalized spacial score (nSPS) is 16.2. The van der Waals surface area contributed by atoms with E-state index in [0.717, 1.165) is 0 Å². The van der Waals surface area contributed by atoms with Gasteiger partial charge < -0.3 is 21.1 Å². The van der Waals surface area contributed by atoms with E-state index >= 15 is 0 Å². The molecule has 0 spiro atoms. The van der Waals surface area contributed by atoms with E-state index in [2.05, 4.69) is 5.32 Å². The molecule has 1 fully saturated rings. The topological polar surface area (TPSA) is 113 Å². The van der Waals surface area contributed by atoms with E-state index < -0.39 is 23.4 Å². The predicted molar refractivity (Wildman–Crippen MR) is 59.1 cm³/mol. The van der Waals surface area contributed by atoms with Crippen LogP contribution in [0.3, 0.4) is 0 Å². The molecule has 4 N–H and O–H groups in total. The Morgan fingerprint density at radius 1 is 1.41 bits per heavy atom. The molecule has 1 heterocycles. The molecule has 0 unspecified atom stereocenters. The third-order valence-electron chi connectivity index (χ3n) is 2.74. The summed E-state index contributed by atoms with van der Waals surface area (Å²) in [5.41, 5.74) is 4.02. The number of carbonyl (C=O) groups excluding carboxylic acids is 2. The van der Waals surface area contributed by atoms with Crippen LogP contribution in [0.25, 0.3) is 0 Å². The van der Waals surface area contributed by atoms with Gasteiger partial charge in [0, 0.05) is 19.0 Å². The van der Waals surface area contributed by atoms with Gasteiger partial charge in [-0.2, -0.15) is 0 Å². The molecule has 1 saturated heterocycles. The average Bonchev–Trinajstić information content (AvgIpc) is 2.08. The third-order valence-corrected chi connectivity index (χ3v) is 2.74. The first-order valence-electron chi connectivity index (χ1n) is 5.31. The Balaban J connectivity index is 2.38. The lowest BCUT2D eigenvalue weighted by atomic mass is 9.96. The summed E-state index contributed by atoms with van der Waals surface area (Å²) in [4.78, 5) is 34.5. The zero-order valence-electron chi connectivity index (χ0n) is 9.90. The highest BCUT2D eigenvalue weighted by Gasteiger charge is 2.35. The second-order valence-corrected chi connectivity index (χ2v) is 4.79. The standard InChI is InChI=1S/C10H17N3O4/c1-10(2,8(11)16)12-9(17)13-4-6(5-13)3-7(14)15/h6H,3-5H2,1-2H3,(H2,11,16)(H,12,17)(H,14,15). The van der Waals surface area contributed by atoms with Crippen molar-refractivity contribution in [3.05, 3.63) is 0 Å². The quantitative estimate of drug-likeness (QED) is 0.609. The Morgan fingerprint density at radius 3 is 2.35 bits per heavy atom. The minimum absolute atomic E-state index is 0.00468. The van der Waals surface area contributed by atoms with E-state index in [4.69, 9.17) is 10.8 Å². The third kappa shape index (κ3) is 3.33. The molecule has 0 aliphatic carbocycles. The van der Waals surface area contributed by atoms with Crippen molar-refractivity contribution in [2.45, 2.75) is 25.8 Å². The van der Waals surface area contributed by atoms with Gasteiger partial charge in [0.25, 0.3) is 0 Å². The largest absolute Gasteiger partial charge is 0.481 e. The van der Waals surface area contributed by atoms with Crippen molar-refractivity contribution < 1.29 is 19.5 Å². The van der Waals surface area contributed by atoms with Crippen molar-refractivity contribution in [1.82, 2.24) is 10.2 Å². The zero-order chi connectivity index (χ0) is 13.2. The van der Waals surface area contributed by atoms with Crippen LogP contribution in [0.15, 0.2) is 0 Å². The summed E-state index contributed by atoms with van der Waals surface area (Å²) < 4.78 is 0. The van der Waals surface area contributed by atoms with Crippen LogP contribution in [-0.4, -0.2) is 46.5 Å². The van der Waals surface area contributed by atoms with E-state index in [1.54, 1.807) is 0 Å². The van der Waals surface area contributed by atoms with Gasteiger partial charge in [-0.25, -0.2) is 4.79 Å². The summed E-state index contributed by atoms with van der Waals surface area (Å²) in [7, 11) is 0. The van der Waals surface area contributed by atoms with Gasteiger partial charge >= 0.3 is 12.0 Å². The highest BCUT2D eigenvalue weighted by atomic mass is 16.4. The maximum Gasteiger partial charge on any atom is 0.318 e. The van der Waals surface area contributed by atoms with Crippen LogP contribution >= 0.6 is 0 Å². The molecule has 0 aromatic heterocycles. The summed E-state index contributed by atoms with van der Waals surface area (Å²) in [5.74, 6) is -1.49. The number of rotatable bonds is 4. The fourth-order valence-corrected chi connectivity index (χ4v) is 1.52. The summed E-state index contributed by atoms with van der Waals surface area (Å²) >= 11 is 0. The van der Waals surface area contributed by atoms with Crippen molar-refractivity contribution in [3.63, 3.8) is 0 Å². The van der Waals surface area contributed by atoms with Crippen molar-refractivity contribution >= 4 is 17.9 Å². The summed E-state index contributed by atoms with van der Waals surface area (Å²) in [6.45, 7) is 3.82. The molecule has 1 aliphatic rings. The number of nitrogens with zero attached hydrogens (tertiary/aromatic N) is 1. The number of aliphatic carboxylic acids is 1. The average molecular weight is 243 g/mol. The smallest absolute Gasteiger partial charge is 0.318 e. The molecule has 0 atom stereocenters. The highest BCUT2D eigenvalue weighted by molar-refractivity contribution is 5.89. The molecule has 7 nitrogen and oxygen atoms in total. The Hall–Kier alpha value is -1.79. The molecule has 0 bridgehead atoms. The van der Waals surface area contributed by atoms with Crippen molar-refractivity contribution in [1.29, 1.82) is 0 Å². The van der Waals surface area contributed by atoms with Crippen LogP contribution in [0, 0.1) is 5.92 Å². The Bertz CT molecular complexity index is 347. The summed E-state index contributed by atoms with van der Waals surface area (Å²) in [6, 6.07) is -0.393. The molecule has 0 radical (unpaired) electrons. The van der Waals surface area contributed by atoms with Gasteiger partial charge in [-0.3, -0.25) is 9.59 Å². The number of primary amides is 1. The first-order chi connectivity index (χ1) is 7.72. The van der Waals surface area contributed by atoms with Gasteiger partial charge in [-0.15, -0.1) is 0 Å². The van der Waals surface area contributed by atoms with Crippen molar-refractivity contribution in [2.24, 2.45) is 11.7 Å². The number of carbonyl (C=O) groups is 3. The van der Waals surface area contributed by atoms with Gasteiger partial charge in [0.2, 0.25) is 5.91 Å². The van der Waals surface area contributed by atoms with E-state index in [-0.39, 0.29) is 12.3 Å². The zero-order valence-corrected chi connectivity index (χ0v) is 9.90. The number of urea groups is 1. The first kappa shape index (κ1) is 13.3. The lowest BCUT2D eigenvalue weighted by Crippen LogP contribution is -2.61. The number of likely N-dealkylation sites (tertiary alicyclic amines) is 1. The number of nitrogens with one attached hydrogen (secondary N) is 1. The highest BCUT2D eigenvalue weighted by Crippen LogP contribution is 2.19. The minimum Gasteiger partial charge on any atom is -0.481 e. The fourth-order valence-electron chi connectivity index (χ4n) is 1.52. The van der Waals surface area contributed by atoms with Crippen molar-refractivity contribution in [2.75, 3.05) is 13.1 Å². The molecule has 7 heteroatoms. The number of carboxylic acids is 1. The molecule has 17 heavy (non-hydrogen) atoms. The minimum atomic E-state index is -1.10. The number of nitrogens with two attached hydrogens (primary N) is 1. The van der Waals surface area contributed by atoms with Crippen LogP contribution in [0.2, 0.25) is 0 Å². The number of hydrogen-bond acceptors (Lipinski definition) is 3. The summed E-state index contributed by atoms with van der Waals surface area (Å²) in [6.07, 6.45) is 0.0585. The molecule has 1 rings (SSSR count). The molecule has 0 saturated carbocycles. The summed E-state index contributed by atoms with van der Waals surface area (Å²) in [5, 5.41) is 11.0. The molecule has 1 aliphatic heterocycles. The number of carboxylic acid groups (broad SMARTS) is 1. The lowest BCUT2D eigenvalue weighted by molar-refractivity contribution is -0.139. The van der Waals surface area contributed by atoms with Crippen LogP contribution in [0.5, 0.6) is 0 Å². The van der Waals surface area contributed by atoms with Crippen LogP contribution in [-0.2, 0) is 9.59 Å². The van der Waals surface area contributed by atoms with Crippen LogP contribution in [0.4, 0.5) is 4.79 Å². The molecule has 3 amide bonds. The number of hydrogen-bond donors (Lipinski definition) is 3. The van der Waals surface area contributed by atoms with Gasteiger partial charge in [0.1, 0.15) is 5.54 Å². The monoisotopic (exact) mass is 243 g/mol. The Labute approximate surface area is 98.9 Å². The Kier molecular flexibility index (Phi) is 3.59. The predicted octanol–water partition coefficient (Wildman–Crippen LogP) is -0.634. The second kappa shape index (κ2) is 4.60. The molecular formula is C10H17N3O4. The van der Waals surface area contributed by atoms with Gasteiger partial charge in [0.05, 0.1) is 6.42 Å².